The molecule has 1 aromatic carbocycles. The number of benzene rings is 1. The summed E-state index contributed by atoms with van der Waals surface area (Å²) in [7, 11) is -4.17. The topological polar surface area (TPSA) is 105 Å². The largest absolute Gasteiger partial charge is 0.472 e. The van der Waals surface area contributed by atoms with Crippen molar-refractivity contribution >= 4 is 10.0 Å². The number of halogens is 2. The molecule has 1 heterocycles. The Morgan fingerprint density at radius 2 is 1.85 bits per heavy atom. The SMILES string of the molecule is N#Cc1nccnc1OC1CCC(NS(=O)(=O)c2cc(F)ccc2F)CC1. The zero-order chi connectivity index (χ0) is 19.4. The minimum Gasteiger partial charge on any atom is -0.472 e. The van der Waals surface area contributed by atoms with Gasteiger partial charge >= 0.3 is 0 Å². The quantitative estimate of drug-likeness (QED) is 0.834. The number of rotatable bonds is 5. The monoisotopic (exact) mass is 394 g/mol. The molecule has 1 saturated carbocycles. The van der Waals surface area contributed by atoms with Crippen molar-refractivity contribution in [1.82, 2.24) is 14.7 Å². The summed E-state index contributed by atoms with van der Waals surface area (Å²) in [5, 5.41) is 9.00. The van der Waals surface area contributed by atoms with E-state index in [1.807, 2.05) is 6.07 Å². The van der Waals surface area contributed by atoms with Crippen molar-refractivity contribution in [2.24, 2.45) is 0 Å². The van der Waals surface area contributed by atoms with Crippen LogP contribution >= 0.6 is 0 Å². The van der Waals surface area contributed by atoms with E-state index in [4.69, 9.17) is 10.00 Å². The Morgan fingerprint density at radius 1 is 1.15 bits per heavy atom. The molecule has 0 bridgehead atoms. The molecular formula is C17H16F2N4O3S. The van der Waals surface area contributed by atoms with Gasteiger partial charge in [-0.25, -0.2) is 31.9 Å². The summed E-state index contributed by atoms with van der Waals surface area (Å²) < 4.78 is 59.8. The first-order chi connectivity index (χ1) is 12.9. The fraction of sp³-hybridized carbons (Fsp3) is 0.353. The number of nitrogens with one attached hydrogen (secondary N) is 1. The van der Waals surface area contributed by atoms with Crippen LogP contribution in [0.15, 0.2) is 35.5 Å². The van der Waals surface area contributed by atoms with Gasteiger partial charge in [-0.3, -0.25) is 0 Å². The fourth-order valence-electron chi connectivity index (χ4n) is 2.91. The smallest absolute Gasteiger partial charge is 0.251 e. The molecule has 0 atom stereocenters. The zero-order valence-corrected chi connectivity index (χ0v) is 14.9. The van der Waals surface area contributed by atoms with E-state index >= 15 is 0 Å². The van der Waals surface area contributed by atoms with Gasteiger partial charge in [-0.1, -0.05) is 0 Å². The predicted molar refractivity (Wildman–Crippen MR) is 90.1 cm³/mol. The highest BCUT2D eigenvalue weighted by molar-refractivity contribution is 7.89. The van der Waals surface area contributed by atoms with Gasteiger partial charge in [0.15, 0.2) is 0 Å². The van der Waals surface area contributed by atoms with Crippen LogP contribution in [0.4, 0.5) is 8.78 Å². The van der Waals surface area contributed by atoms with Crippen LogP contribution in [0, 0.1) is 23.0 Å². The summed E-state index contributed by atoms with van der Waals surface area (Å²) in [6.45, 7) is 0. The molecule has 142 valence electrons. The van der Waals surface area contributed by atoms with E-state index in [-0.39, 0.29) is 17.7 Å². The van der Waals surface area contributed by atoms with E-state index in [1.54, 1.807) is 0 Å². The van der Waals surface area contributed by atoms with Crippen molar-refractivity contribution in [1.29, 1.82) is 5.26 Å². The number of nitriles is 1. The van der Waals surface area contributed by atoms with Gasteiger partial charge < -0.3 is 4.74 Å². The lowest BCUT2D eigenvalue weighted by Gasteiger charge is -2.29. The Morgan fingerprint density at radius 3 is 2.56 bits per heavy atom. The minimum atomic E-state index is -4.17. The van der Waals surface area contributed by atoms with Gasteiger partial charge in [-0.05, 0) is 43.9 Å². The molecule has 1 N–H and O–H groups in total. The molecule has 0 unspecified atom stereocenters. The highest BCUT2D eigenvalue weighted by Crippen LogP contribution is 2.25. The molecule has 0 amide bonds. The normalized spacial score (nSPS) is 20.0. The standard InChI is InChI=1S/C17H16F2N4O3S/c18-11-1-6-14(19)16(9-11)27(24,25)23-12-2-4-13(5-3-12)26-17-15(10-20)21-7-8-22-17/h1,6-9,12-13,23H,2-5H2. The molecule has 1 aromatic heterocycles. The second-order valence-corrected chi connectivity index (χ2v) is 7.79. The third-order valence-electron chi connectivity index (χ3n) is 4.23. The molecular weight excluding hydrogens is 378 g/mol. The van der Waals surface area contributed by atoms with Gasteiger partial charge in [0.1, 0.15) is 28.7 Å². The Hall–Kier alpha value is -2.64. The van der Waals surface area contributed by atoms with Crippen molar-refractivity contribution in [3.63, 3.8) is 0 Å². The van der Waals surface area contributed by atoms with Crippen LogP contribution in [0.1, 0.15) is 31.4 Å². The second-order valence-electron chi connectivity index (χ2n) is 6.11. The first-order valence-corrected chi connectivity index (χ1v) is 9.72. The lowest BCUT2D eigenvalue weighted by Crippen LogP contribution is -2.40. The van der Waals surface area contributed by atoms with Gasteiger partial charge in [0.25, 0.3) is 5.88 Å². The zero-order valence-electron chi connectivity index (χ0n) is 14.1. The summed E-state index contributed by atoms with van der Waals surface area (Å²) in [5.41, 5.74) is 0.0851. The Labute approximate surface area is 155 Å². The van der Waals surface area contributed by atoms with E-state index < -0.39 is 32.6 Å². The van der Waals surface area contributed by atoms with Crippen LogP contribution in [0.2, 0.25) is 0 Å². The third-order valence-corrected chi connectivity index (χ3v) is 5.76. The van der Waals surface area contributed by atoms with Gasteiger partial charge in [0, 0.05) is 18.4 Å². The van der Waals surface area contributed by atoms with Crippen molar-refractivity contribution in [2.45, 2.75) is 42.7 Å². The Bertz CT molecular complexity index is 970. The molecule has 27 heavy (non-hydrogen) atoms. The lowest BCUT2D eigenvalue weighted by atomic mass is 9.94. The lowest BCUT2D eigenvalue weighted by molar-refractivity contribution is 0.137. The molecule has 0 saturated heterocycles. The molecule has 7 nitrogen and oxygen atoms in total. The molecule has 1 fully saturated rings. The minimum absolute atomic E-state index is 0.0851. The molecule has 10 heteroatoms. The summed E-state index contributed by atoms with van der Waals surface area (Å²) in [5.74, 6) is -1.69. The van der Waals surface area contributed by atoms with Crippen molar-refractivity contribution in [3.8, 4) is 11.9 Å². The molecule has 0 spiro atoms. The summed E-state index contributed by atoms with van der Waals surface area (Å²) in [4.78, 5) is 7.14. The highest BCUT2D eigenvalue weighted by atomic mass is 32.2. The summed E-state index contributed by atoms with van der Waals surface area (Å²) in [6.07, 6.45) is 4.50. The third kappa shape index (κ3) is 4.56. The summed E-state index contributed by atoms with van der Waals surface area (Å²) in [6, 6.07) is 3.77. The van der Waals surface area contributed by atoms with Crippen LogP contribution < -0.4 is 9.46 Å². The van der Waals surface area contributed by atoms with Crippen LogP contribution in [0.3, 0.4) is 0 Å². The second kappa shape index (κ2) is 7.94. The first kappa shape index (κ1) is 19.1. The first-order valence-electron chi connectivity index (χ1n) is 8.24. The number of hydrogen-bond acceptors (Lipinski definition) is 6. The average Bonchev–Trinajstić information content (AvgIpc) is 2.65. The maximum absolute atomic E-state index is 13.8. The maximum Gasteiger partial charge on any atom is 0.251 e. The van der Waals surface area contributed by atoms with Gasteiger partial charge in [0.05, 0.1) is 0 Å². The van der Waals surface area contributed by atoms with Crippen LogP contribution in [0.25, 0.3) is 0 Å². The fourth-order valence-corrected chi connectivity index (χ4v) is 4.30. The molecule has 2 aromatic rings. The number of sulfonamides is 1. The number of hydrogen-bond donors (Lipinski definition) is 1. The molecule has 1 aliphatic rings. The van der Waals surface area contributed by atoms with Crippen LogP contribution in [-0.2, 0) is 10.0 Å². The van der Waals surface area contributed by atoms with E-state index in [0.717, 1.165) is 12.1 Å². The van der Waals surface area contributed by atoms with Gasteiger partial charge in [0.2, 0.25) is 15.7 Å². The number of nitrogens with zero attached hydrogens (tertiary/aromatic N) is 3. The number of ether oxygens (including phenoxy) is 1. The summed E-state index contributed by atoms with van der Waals surface area (Å²) >= 11 is 0. The van der Waals surface area contributed by atoms with E-state index in [1.165, 1.54) is 12.4 Å². The van der Waals surface area contributed by atoms with Crippen molar-refractivity contribution in [3.05, 3.63) is 47.9 Å². The number of aromatic nitrogens is 2. The maximum atomic E-state index is 13.8. The van der Waals surface area contributed by atoms with E-state index in [9.17, 15) is 17.2 Å². The molecule has 0 aliphatic heterocycles. The predicted octanol–water partition coefficient (Wildman–Crippen LogP) is 2.29. The van der Waals surface area contributed by atoms with E-state index in [0.29, 0.717) is 31.7 Å². The van der Waals surface area contributed by atoms with Gasteiger partial charge in [-0.2, -0.15) is 5.26 Å². The van der Waals surface area contributed by atoms with Crippen molar-refractivity contribution < 1.29 is 21.9 Å². The molecule has 0 radical (unpaired) electrons. The van der Waals surface area contributed by atoms with Crippen LogP contribution in [0.5, 0.6) is 5.88 Å². The highest BCUT2D eigenvalue weighted by Gasteiger charge is 2.29. The Balaban J connectivity index is 1.61. The van der Waals surface area contributed by atoms with Crippen LogP contribution in [-0.4, -0.2) is 30.5 Å². The molecule has 1 aliphatic carbocycles. The Kier molecular flexibility index (Phi) is 5.62. The molecule has 3 rings (SSSR count). The van der Waals surface area contributed by atoms with Gasteiger partial charge in [-0.15, -0.1) is 0 Å². The van der Waals surface area contributed by atoms with E-state index in [2.05, 4.69) is 14.7 Å². The average molecular weight is 394 g/mol. The van der Waals surface area contributed by atoms with Crippen molar-refractivity contribution in [2.75, 3.05) is 0 Å².